The predicted octanol–water partition coefficient (Wildman–Crippen LogP) is 4.11. The minimum Gasteiger partial charge on any atom is -0.430 e. The molecule has 1 aliphatic rings. The van der Waals surface area contributed by atoms with Crippen LogP contribution in [0.4, 0.5) is 10.6 Å². The number of rotatable bonds is 6. The maximum absolute atomic E-state index is 12.3. The largest absolute Gasteiger partial charge is 0.430 e. The molecule has 1 saturated heterocycles. The summed E-state index contributed by atoms with van der Waals surface area (Å²) in [6, 6.07) is 8.77. The van der Waals surface area contributed by atoms with E-state index in [4.69, 9.17) is 9.72 Å². The Morgan fingerprint density at radius 2 is 2.11 bits per heavy atom. The number of ether oxygens (including phenoxy) is 1. The number of H-pyrrole nitrogens is 1. The first-order valence-corrected chi connectivity index (χ1v) is 12.5. The molecule has 0 aliphatic carbocycles. The normalized spacial score (nSPS) is 13.7. The van der Waals surface area contributed by atoms with Crippen LogP contribution < -0.4 is 10.2 Å². The van der Waals surface area contributed by atoms with Crippen molar-refractivity contribution in [1.29, 1.82) is 0 Å². The van der Waals surface area contributed by atoms with Gasteiger partial charge in [-0.05, 0) is 57.2 Å². The number of aromatic nitrogens is 4. The summed E-state index contributed by atoms with van der Waals surface area (Å²) in [5.41, 5.74) is 1.67. The lowest BCUT2D eigenvalue weighted by Gasteiger charge is -2.27. The van der Waals surface area contributed by atoms with Crippen LogP contribution in [-0.2, 0) is 11.3 Å². The van der Waals surface area contributed by atoms with Crippen LogP contribution in [0.2, 0.25) is 0 Å². The Morgan fingerprint density at radius 1 is 1.31 bits per heavy atom. The van der Waals surface area contributed by atoms with Gasteiger partial charge in [-0.1, -0.05) is 0 Å². The number of nitrogens with zero attached hydrogens (tertiary/aromatic N) is 5. The number of amides is 1. The zero-order chi connectivity index (χ0) is 24.8. The average molecular weight is 494 g/mol. The average Bonchev–Trinajstić information content (AvgIpc) is 3.50. The van der Waals surface area contributed by atoms with Gasteiger partial charge in [0.2, 0.25) is 0 Å². The third-order valence-electron chi connectivity index (χ3n) is 5.39. The van der Waals surface area contributed by atoms with Crippen LogP contribution in [0.3, 0.4) is 0 Å². The summed E-state index contributed by atoms with van der Waals surface area (Å²) in [5, 5.41) is 11.3. The third-order valence-corrected chi connectivity index (χ3v) is 6.50. The Kier molecular flexibility index (Phi) is 7.56. The van der Waals surface area contributed by atoms with E-state index in [-0.39, 0.29) is 6.54 Å². The Bertz CT molecular complexity index is 1200. The van der Waals surface area contributed by atoms with Crippen molar-refractivity contribution in [3.8, 4) is 33.1 Å². The van der Waals surface area contributed by atoms with E-state index in [1.54, 1.807) is 36.3 Å². The lowest BCUT2D eigenvalue weighted by Crippen LogP contribution is -2.33. The summed E-state index contributed by atoms with van der Waals surface area (Å²) in [4.78, 5) is 26.6. The number of alkyl carbamates (subject to hydrolysis) is 1. The fourth-order valence-electron chi connectivity index (χ4n) is 3.69. The van der Waals surface area contributed by atoms with E-state index in [1.807, 2.05) is 38.5 Å². The first kappa shape index (κ1) is 24.5. The molecule has 1 amide bonds. The molecule has 35 heavy (non-hydrogen) atoms. The second kappa shape index (κ2) is 10.8. The fourth-order valence-corrected chi connectivity index (χ4v) is 4.73. The summed E-state index contributed by atoms with van der Waals surface area (Å²) in [6.07, 6.45) is 6.62. The molecule has 4 heterocycles. The minimum absolute atomic E-state index is 0.260. The Balaban J connectivity index is 1.49. The van der Waals surface area contributed by atoms with Gasteiger partial charge in [-0.3, -0.25) is 10.1 Å². The molecule has 2 N–H and O–H groups in total. The number of hydrogen-bond donors (Lipinski definition) is 2. The molecule has 0 aromatic carbocycles. The number of carbonyl (C=O) groups excluding carboxylic acids is 1. The summed E-state index contributed by atoms with van der Waals surface area (Å²) < 4.78 is 5.45. The zero-order valence-corrected chi connectivity index (χ0v) is 21.4. The van der Waals surface area contributed by atoms with Crippen LogP contribution in [0.5, 0.6) is 0 Å². The molecule has 3 aromatic rings. The third kappa shape index (κ3) is 6.51. The van der Waals surface area contributed by atoms with Gasteiger partial charge in [-0.2, -0.15) is 5.10 Å². The number of piperidine rings is 1. The molecule has 0 bridgehead atoms. The number of hydrogen-bond acceptors (Lipinski definition) is 8. The van der Waals surface area contributed by atoms with Gasteiger partial charge >= 0.3 is 6.09 Å². The van der Waals surface area contributed by atoms with Gasteiger partial charge in [0.1, 0.15) is 16.5 Å². The van der Waals surface area contributed by atoms with Gasteiger partial charge in [0.25, 0.3) is 0 Å². The van der Waals surface area contributed by atoms with Crippen molar-refractivity contribution in [2.45, 2.75) is 45.3 Å². The number of thiazole rings is 1. The highest BCUT2D eigenvalue weighted by atomic mass is 32.1. The smallest absolute Gasteiger partial charge is 0.408 e. The molecular weight excluding hydrogens is 462 g/mol. The van der Waals surface area contributed by atoms with Gasteiger partial charge in [-0.25, -0.2) is 9.78 Å². The highest BCUT2D eigenvalue weighted by Gasteiger charge is 2.24. The van der Waals surface area contributed by atoms with E-state index in [1.165, 1.54) is 6.42 Å². The van der Waals surface area contributed by atoms with Gasteiger partial charge in [0, 0.05) is 51.2 Å². The lowest BCUT2D eigenvalue weighted by atomic mass is 10.1. The van der Waals surface area contributed by atoms with E-state index in [2.05, 4.69) is 37.4 Å². The summed E-state index contributed by atoms with van der Waals surface area (Å²) in [6.45, 7) is 5.74. The van der Waals surface area contributed by atoms with Crippen LogP contribution >= 0.6 is 11.3 Å². The maximum atomic E-state index is 12.3. The highest BCUT2D eigenvalue weighted by Crippen LogP contribution is 2.40. The van der Waals surface area contributed by atoms with Crippen LogP contribution in [0.15, 0.2) is 30.6 Å². The molecule has 9 nitrogen and oxygen atoms in total. The molecule has 3 aromatic heterocycles. The van der Waals surface area contributed by atoms with Crippen molar-refractivity contribution in [1.82, 2.24) is 30.4 Å². The number of anilines is 1. The Labute approximate surface area is 209 Å². The number of nitrogens with one attached hydrogen (secondary N) is 2. The fraction of sp³-hybridized carbons (Fsp3) is 0.440. The van der Waals surface area contributed by atoms with E-state index in [0.29, 0.717) is 0 Å². The van der Waals surface area contributed by atoms with Crippen molar-refractivity contribution >= 4 is 23.2 Å². The Hall–Kier alpha value is -3.58. The van der Waals surface area contributed by atoms with Crippen molar-refractivity contribution in [3.05, 3.63) is 36.3 Å². The van der Waals surface area contributed by atoms with Crippen molar-refractivity contribution in [2.75, 3.05) is 32.1 Å². The standard InChI is InChI=1S/C25H31N7O2S/c1-25(2,10-14-31(3)4)34-24(33)27-17-19-15-20(30-29-19)21-22(32-12-6-5-7-13-32)28-23(35-21)18-9-8-11-26-16-18/h8-9,11,15-16H,5-7,12-13,17H2,1-4H3,(H,27,33)(H,29,30). The topological polar surface area (TPSA) is 99.3 Å². The second-order valence-electron chi connectivity index (χ2n) is 9.12. The second-order valence-corrected chi connectivity index (χ2v) is 10.1. The van der Waals surface area contributed by atoms with Gasteiger partial charge in [-0.15, -0.1) is 11.3 Å². The molecule has 0 spiro atoms. The number of carbonyl (C=O) groups is 1. The van der Waals surface area contributed by atoms with Crippen molar-refractivity contribution < 1.29 is 9.53 Å². The van der Waals surface area contributed by atoms with E-state index < -0.39 is 11.7 Å². The molecule has 1 fully saturated rings. The molecule has 0 atom stereocenters. The van der Waals surface area contributed by atoms with Gasteiger partial charge in [0.15, 0.2) is 5.60 Å². The van der Waals surface area contributed by atoms with Crippen LogP contribution in [0, 0.1) is 12.0 Å². The zero-order valence-electron chi connectivity index (χ0n) is 20.6. The van der Waals surface area contributed by atoms with Crippen LogP contribution in [-0.4, -0.2) is 63.9 Å². The first-order chi connectivity index (χ1) is 16.8. The quantitative estimate of drug-likeness (QED) is 0.394. The van der Waals surface area contributed by atoms with E-state index in [0.717, 1.165) is 58.6 Å². The van der Waals surface area contributed by atoms with E-state index in [9.17, 15) is 4.79 Å². The summed E-state index contributed by atoms with van der Waals surface area (Å²) in [7, 11) is 3.66. The van der Waals surface area contributed by atoms with Crippen molar-refractivity contribution in [2.24, 2.45) is 0 Å². The van der Waals surface area contributed by atoms with Crippen molar-refractivity contribution in [3.63, 3.8) is 0 Å². The highest BCUT2D eigenvalue weighted by molar-refractivity contribution is 7.19. The first-order valence-electron chi connectivity index (χ1n) is 11.7. The molecule has 10 heteroatoms. The SMILES string of the molecule is CN(C)C#CC(C)(C)OC(=O)NCc1cc(-c2sc(-c3cccnc3)nc2N2CCCCC2)n[nH]1. The molecule has 1 aliphatic heterocycles. The monoisotopic (exact) mass is 493 g/mol. The molecular formula is C25H31N7O2S. The molecule has 0 unspecified atom stereocenters. The van der Waals surface area contributed by atoms with Crippen LogP contribution in [0.1, 0.15) is 38.8 Å². The van der Waals surface area contributed by atoms with Gasteiger partial charge < -0.3 is 19.9 Å². The molecule has 4 rings (SSSR count). The number of aromatic amines is 1. The Morgan fingerprint density at radius 3 is 2.83 bits per heavy atom. The lowest BCUT2D eigenvalue weighted by molar-refractivity contribution is 0.0774. The van der Waals surface area contributed by atoms with E-state index >= 15 is 0 Å². The summed E-state index contributed by atoms with van der Waals surface area (Å²) in [5.74, 6) is 3.88. The summed E-state index contributed by atoms with van der Waals surface area (Å²) >= 11 is 1.61. The molecule has 0 radical (unpaired) electrons. The molecule has 0 saturated carbocycles. The van der Waals surface area contributed by atoms with Gasteiger partial charge in [0.05, 0.1) is 17.1 Å². The number of pyridine rings is 1. The maximum Gasteiger partial charge on any atom is 0.408 e. The minimum atomic E-state index is -0.901. The van der Waals surface area contributed by atoms with Crippen LogP contribution in [0.25, 0.3) is 21.1 Å². The molecule has 184 valence electrons. The predicted molar refractivity (Wildman–Crippen MR) is 138 cm³/mol.